The molecule has 2 rings (SSSR count). The number of urea groups is 1. The van der Waals surface area contributed by atoms with E-state index in [2.05, 4.69) is 38.2 Å². The van der Waals surface area contributed by atoms with E-state index in [0.29, 0.717) is 19.6 Å². The summed E-state index contributed by atoms with van der Waals surface area (Å²) in [5.41, 5.74) is 2.40. The molecule has 0 aliphatic carbocycles. The highest BCUT2D eigenvalue weighted by atomic mass is 16.2. The lowest BCUT2D eigenvalue weighted by Gasteiger charge is -2.34. The van der Waals surface area contributed by atoms with Crippen LogP contribution in [0.15, 0.2) is 24.3 Å². The number of carbonyl (C=O) groups excluding carboxylic acids is 2. The number of carbonyl (C=O) groups is 2. The van der Waals surface area contributed by atoms with Crippen LogP contribution in [0.5, 0.6) is 0 Å². The maximum atomic E-state index is 12.5. The SMILES string of the molecule is Cc1ccccc1C(C)(C)CNC(=O)C1CCN(C(=O)N(C)C)CC1. The lowest BCUT2D eigenvalue weighted by molar-refractivity contribution is -0.126. The standard InChI is InChI=1S/C20H31N3O2/c1-15-8-6-7-9-17(15)20(2,3)14-21-18(24)16-10-12-23(13-11-16)19(25)22(4)5/h6-9,16H,10-14H2,1-5H3,(H,21,24). The van der Waals surface area contributed by atoms with Gasteiger partial charge in [-0.3, -0.25) is 4.79 Å². The Morgan fingerprint density at radius 2 is 1.80 bits per heavy atom. The summed E-state index contributed by atoms with van der Waals surface area (Å²) in [5, 5.41) is 3.13. The number of nitrogens with one attached hydrogen (secondary N) is 1. The third-order valence-corrected chi connectivity index (χ3v) is 5.10. The monoisotopic (exact) mass is 345 g/mol. The Bertz CT molecular complexity index is 617. The van der Waals surface area contributed by atoms with Crippen molar-refractivity contribution in [3.05, 3.63) is 35.4 Å². The van der Waals surface area contributed by atoms with Gasteiger partial charge in [-0.25, -0.2) is 4.79 Å². The van der Waals surface area contributed by atoms with E-state index >= 15 is 0 Å². The molecular formula is C20H31N3O2. The first kappa shape index (κ1) is 19.3. The van der Waals surface area contributed by atoms with Gasteiger partial charge in [0.15, 0.2) is 0 Å². The minimum Gasteiger partial charge on any atom is -0.355 e. The van der Waals surface area contributed by atoms with Gasteiger partial charge in [-0.05, 0) is 30.9 Å². The third kappa shape index (κ3) is 4.74. The molecule has 1 aromatic carbocycles. The van der Waals surface area contributed by atoms with Gasteiger partial charge in [0.1, 0.15) is 0 Å². The van der Waals surface area contributed by atoms with Crippen molar-refractivity contribution in [2.24, 2.45) is 5.92 Å². The molecule has 0 radical (unpaired) electrons. The molecule has 1 fully saturated rings. The van der Waals surface area contributed by atoms with Crippen LogP contribution in [0.4, 0.5) is 4.79 Å². The summed E-state index contributed by atoms with van der Waals surface area (Å²) in [6.45, 7) is 8.35. The van der Waals surface area contributed by atoms with Crippen LogP contribution < -0.4 is 5.32 Å². The lowest BCUT2D eigenvalue weighted by Crippen LogP contribution is -2.47. The fourth-order valence-electron chi connectivity index (χ4n) is 3.50. The van der Waals surface area contributed by atoms with Crippen molar-refractivity contribution in [2.45, 2.75) is 39.0 Å². The van der Waals surface area contributed by atoms with Crippen LogP contribution in [0.1, 0.15) is 37.8 Å². The summed E-state index contributed by atoms with van der Waals surface area (Å²) >= 11 is 0. The smallest absolute Gasteiger partial charge is 0.319 e. The predicted octanol–water partition coefficient (Wildman–Crippen LogP) is 2.78. The summed E-state index contributed by atoms with van der Waals surface area (Å²) in [6.07, 6.45) is 1.46. The number of nitrogens with zero attached hydrogens (tertiary/aromatic N) is 2. The van der Waals surface area contributed by atoms with Crippen LogP contribution >= 0.6 is 0 Å². The number of hydrogen-bond acceptors (Lipinski definition) is 2. The Kier molecular flexibility index (Phi) is 6.09. The number of likely N-dealkylation sites (tertiary alicyclic amines) is 1. The minimum absolute atomic E-state index is 0.00103. The quantitative estimate of drug-likeness (QED) is 0.912. The lowest BCUT2D eigenvalue weighted by atomic mass is 9.82. The third-order valence-electron chi connectivity index (χ3n) is 5.10. The molecule has 0 spiro atoms. The summed E-state index contributed by atoms with van der Waals surface area (Å²) < 4.78 is 0. The molecule has 3 amide bonds. The molecule has 0 unspecified atom stereocenters. The van der Waals surface area contributed by atoms with Crippen molar-refractivity contribution in [3.8, 4) is 0 Å². The van der Waals surface area contributed by atoms with Crippen molar-refractivity contribution >= 4 is 11.9 Å². The van der Waals surface area contributed by atoms with Gasteiger partial charge in [0.05, 0.1) is 0 Å². The highest BCUT2D eigenvalue weighted by Crippen LogP contribution is 2.26. The van der Waals surface area contributed by atoms with E-state index < -0.39 is 0 Å². The molecule has 0 saturated carbocycles. The normalized spacial score (nSPS) is 15.8. The van der Waals surface area contributed by atoms with Gasteiger partial charge in [-0.15, -0.1) is 0 Å². The molecule has 1 heterocycles. The largest absolute Gasteiger partial charge is 0.355 e. The van der Waals surface area contributed by atoms with Crippen LogP contribution in [-0.2, 0) is 10.2 Å². The molecule has 1 aliphatic heterocycles. The van der Waals surface area contributed by atoms with E-state index in [1.807, 2.05) is 17.0 Å². The van der Waals surface area contributed by atoms with E-state index in [-0.39, 0.29) is 23.3 Å². The molecule has 1 saturated heterocycles. The Balaban J connectivity index is 1.87. The average Bonchev–Trinajstić information content (AvgIpc) is 2.59. The fourth-order valence-corrected chi connectivity index (χ4v) is 3.50. The Labute approximate surface area is 151 Å². The van der Waals surface area contributed by atoms with Crippen molar-refractivity contribution in [2.75, 3.05) is 33.7 Å². The topological polar surface area (TPSA) is 52.7 Å². The van der Waals surface area contributed by atoms with Gasteiger partial charge in [0.2, 0.25) is 5.91 Å². The van der Waals surface area contributed by atoms with Crippen LogP contribution in [0, 0.1) is 12.8 Å². The molecule has 1 aliphatic rings. The molecule has 1 N–H and O–H groups in total. The first-order valence-electron chi connectivity index (χ1n) is 9.02. The number of benzene rings is 1. The van der Waals surface area contributed by atoms with E-state index in [1.54, 1.807) is 19.0 Å². The zero-order chi connectivity index (χ0) is 18.6. The second-order valence-electron chi connectivity index (χ2n) is 7.85. The molecule has 138 valence electrons. The molecule has 0 aromatic heterocycles. The van der Waals surface area contributed by atoms with Gasteiger partial charge in [0, 0.05) is 45.1 Å². The Morgan fingerprint density at radius 3 is 2.36 bits per heavy atom. The molecule has 25 heavy (non-hydrogen) atoms. The minimum atomic E-state index is -0.109. The van der Waals surface area contributed by atoms with Gasteiger partial charge in [-0.1, -0.05) is 38.1 Å². The van der Waals surface area contributed by atoms with Crippen LogP contribution in [-0.4, -0.2) is 55.5 Å². The number of hydrogen-bond donors (Lipinski definition) is 1. The highest BCUT2D eigenvalue weighted by molar-refractivity contribution is 5.79. The highest BCUT2D eigenvalue weighted by Gasteiger charge is 2.29. The van der Waals surface area contributed by atoms with Gasteiger partial charge >= 0.3 is 6.03 Å². The first-order valence-corrected chi connectivity index (χ1v) is 9.02. The number of aryl methyl sites for hydroxylation is 1. The van der Waals surface area contributed by atoms with Gasteiger partial charge in [0.25, 0.3) is 0 Å². The maximum Gasteiger partial charge on any atom is 0.319 e. The summed E-state index contributed by atoms with van der Waals surface area (Å²) in [5.74, 6) is 0.109. The van der Waals surface area contributed by atoms with Crippen molar-refractivity contribution in [1.82, 2.24) is 15.1 Å². The van der Waals surface area contributed by atoms with E-state index in [9.17, 15) is 9.59 Å². The molecule has 1 aromatic rings. The molecule has 0 bridgehead atoms. The maximum absolute atomic E-state index is 12.5. The van der Waals surface area contributed by atoms with Crippen LogP contribution in [0.25, 0.3) is 0 Å². The number of amides is 3. The van der Waals surface area contributed by atoms with Crippen molar-refractivity contribution in [3.63, 3.8) is 0 Å². The van der Waals surface area contributed by atoms with Crippen LogP contribution in [0.2, 0.25) is 0 Å². The van der Waals surface area contributed by atoms with Crippen LogP contribution in [0.3, 0.4) is 0 Å². The van der Waals surface area contributed by atoms with E-state index in [1.165, 1.54) is 11.1 Å². The number of piperidine rings is 1. The van der Waals surface area contributed by atoms with Crippen molar-refractivity contribution < 1.29 is 9.59 Å². The second-order valence-corrected chi connectivity index (χ2v) is 7.85. The average molecular weight is 345 g/mol. The molecule has 0 atom stereocenters. The summed E-state index contributed by atoms with van der Waals surface area (Å²) in [7, 11) is 3.52. The van der Waals surface area contributed by atoms with Gasteiger partial charge < -0.3 is 15.1 Å². The Hall–Kier alpha value is -2.04. The van der Waals surface area contributed by atoms with E-state index in [4.69, 9.17) is 0 Å². The number of rotatable bonds is 4. The fraction of sp³-hybridized carbons (Fsp3) is 0.600. The first-order chi connectivity index (χ1) is 11.7. The summed E-state index contributed by atoms with van der Waals surface area (Å²) in [4.78, 5) is 27.9. The Morgan fingerprint density at radius 1 is 1.20 bits per heavy atom. The molecular weight excluding hydrogens is 314 g/mol. The summed E-state index contributed by atoms with van der Waals surface area (Å²) in [6, 6.07) is 8.35. The second kappa shape index (κ2) is 7.89. The van der Waals surface area contributed by atoms with Crippen molar-refractivity contribution in [1.29, 1.82) is 0 Å². The zero-order valence-electron chi connectivity index (χ0n) is 16.1. The zero-order valence-corrected chi connectivity index (χ0v) is 16.1. The molecule has 5 nitrogen and oxygen atoms in total. The van der Waals surface area contributed by atoms with E-state index in [0.717, 1.165) is 12.8 Å². The van der Waals surface area contributed by atoms with Gasteiger partial charge in [-0.2, -0.15) is 0 Å². The molecule has 5 heteroatoms. The predicted molar refractivity (Wildman–Crippen MR) is 101 cm³/mol.